The Morgan fingerprint density at radius 2 is 1.75 bits per heavy atom. The van der Waals surface area contributed by atoms with Crippen LogP contribution in [0.3, 0.4) is 0 Å². The second kappa shape index (κ2) is 5.71. The standard InChI is InChI=1S/C7H6Cl3O4PS/c8-5-2-1-3-6(9)7(5)16(12,13)14-4-15(10)11/h1-3,15H,4H2. The Balaban J connectivity index is 3.12. The number of hydrogen-bond acceptors (Lipinski definition) is 4. The van der Waals surface area contributed by atoms with Crippen molar-refractivity contribution in [1.82, 2.24) is 0 Å². The number of halogens is 3. The molecule has 0 heterocycles. The van der Waals surface area contributed by atoms with Crippen LogP contribution in [0, 0.1) is 0 Å². The van der Waals surface area contributed by atoms with Crippen molar-refractivity contribution in [2.45, 2.75) is 4.90 Å². The van der Waals surface area contributed by atoms with Crippen molar-refractivity contribution in [3.05, 3.63) is 28.2 Å². The first kappa shape index (κ1) is 14.3. The first-order valence-corrected chi connectivity index (χ1v) is 8.65. The Morgan fingerprint density at radius 1 is 1.25 bits per heavy atom. The Morgan fingerprint density at radius 3 is 2.19 bits per heavy atom. The molecule has 1 aromatic rings. The maximum absolute atomic E-state index is 11.6. The summed E-state index contributed by atoms with van der Waals surface area (Å²) in [6.45, 7) is 0. The molecule has 9 heteroatoms. The second-order valence-electron chi connectivity index (χ2n) is 2.62. The van der Waals surface area contributed by atoms with Crippen LogP contribution in [0.15, 0.2) is 23.1 Å². The van der Waals surface area contributed by atoms with E-state index >= 15 is 0 Å². The summed E-state index contributed by atoms with van der Waals surface area (Å²) < 4.78 is 38.2. The molecule has 1 atom stereocenters. The molecule has 0 amide bonds. The molecule has 1 unspecified atom stereocenters. The molecule has 0 aliphatic heterocycles. The molecule has 1 rings (SSSR count). The lowest BCUT2D eigenvalue weighted by Gasteiger charge is -2.07. The van der Waals surface area contributed by atoms with Crippen LogP contribution in [0.2, 0.25) is 10.0 Å². The van der Waals surface area contributed by atoms with Gasteiger partial charge in [-0.25, -0.2) is 0 Å². The smallest absolute Gasteiger partial charge is 0.300 e. The molecule has 0 spiro atoms. The highest BCUT2D eigenvalue weighted by atomic mass is 35.7. The number of rotatable bonds is 4. The molecule has 0 radical (unpaired) electrons. The van der Waals surface area contributed by atoms with Crippen LogP contribution in [-0.2, 0) is 18.9 Å². The molecule has 90 valence electrons. The molecule has 0 saturated carbocycles. The second-order valence-corrected chi connectivity index (χ2v) is 7.25. The van der Waals surface area contributed by atoms with E-state index in [0.717, 1.165) is 0 Å². The first-order valence-electron chi connectivity index (χ1n) is 3.86. The molecule has 0 bridgehead atoms. The predicted octanol–water partition coefficient (Wildman–Crippen LogP) is 3.37. The van der Waals surface area contributed by atoms with Gasteiger partial charge in [-0.1, -0.05) is 40.5 Å². The minimum Gasteiger partial charge on any atom is -0.307 e. The van der Waals surface area contributed by atoms with E-state index in [-0.39, 0.29) is 14.9 Å². The molecule has 1 aromatic carbocycles. The third-order valence-corrected chi connectivity index (χ3v) is 4.63. The van der Waals surface area contributed by atoms with Crippen molar-refractivity contribution in [2.75, 3.05) is 6.35 Å². The molecule has 16 heavy (non-hydrogen) atoms. The Labute approximate surface area is 108 Å². The van der Waals surface area contributed by atoms with Crippen molar-refractivity contribution in [3.63, 3.8) is 0 Å². The summed E-state index contributed by atoms with van der Waals surface area (Å²) in [6.07, 6.45) is -0.587. The Bertz CT molecular complexity index is 496. The minimum atomic E-state index is -4.14. The lowest BCUT2D eigenvalue weighted by Crippen LogP contribution is -2.07. The van der Waals surface area contributed by atoms with Gasteiger partial charge in [-0.3, -0.25) is 4.18 Å². The lowest BCUT2D eigenvalue weighted by atomic mass is 10.4. The average molecular weight is 324 g/mol. The fourth-order valence-corrected chi connectivity index (χ4v) is 3.99. The van der Waals surface area contributed by atoms with E-state index < -0.39 is 23.6 Å². The van der Waals surface area contributed by atoms with Gasteiger partial charge < -0.3 is 4.57 Å². The molecule has 0 aromatic heterocycles. The van der Waals surface area contributed by atoms with E-state index in [0.29, 0.717) is 0 Å². The highest BCUT2D eigenvalue weighted by molar-refractivity contribution is 7.87. The molecule has 0 aliphatic carbocycles. The average Bonchev–Trinajstić information content (AvgIpc) is 2.14. The SMILES string of the molecule is O=[PH](Cl)COS(=O)(=O)c1c(Cl)cccc1Cl. The largest absolute Gasteiger partial charge is 0.307 e. The van der Waals surface area contributed by atoms with Gasteiger partial charge in [-0.05, 0) is 12.1 Å². The summed E-state index contributed by atoms with van der Waals surface area (Å²) in [6, 6.07) is 4.20. The molecular formula is C7H6Cl3O4PS. The van der Waals surface area contributed by atoms with Gasteiger partial charge in [-0.15, -0.1) is 0 Å². The van der Waals surface area contributed by atoms with Gasteiger partial charge in [0.25, 0.3) is 10.1 Å². The van der Waals surface area contributed by atoms with Crippen LogP contribution in [0.25, 0.3) is 0 Å². The highest BCUT2D eigenvalue weighted by Gasteiger charge is 2.23. The summed E-state index contributed by atoms with van der Waals surface area (Å²) in [5.74, 6) is 0. The summed E-state index contributed by atoms with van der Waals surface area (Å²) >= 11 is 16.5. The number of hydrogen-bond donors (Lipinski definition) is 0. The van der Waals surface area contributed by atoms with Gasteiger partial charge in [0.15, 0.2) is 7.15 Å². The minimum absolute atomic E-state index is 0.0678. The van der Waals surface area contributed by atoms with Crippen LogP contribution in [0.5, 0.6) is 0 Å². The van der Waals surface area contributed by atoms with E-state index in [1.54, 1.807) is 0 Å². The van der Waals surface area contributed by atoms with Crippen LogP contribution in [0.1, 0.15) is 0 Å². The molecule has 0 N–H and O–H groups in total. The third-order valence-electron chi connectivity index (χ3n) is 1.50. The van der Waals surface area contributed by atoms with Gasteiger partial charge in [0.2, 0.25) is 0 Å². The third kappa shape index (κ3) is 3.62. The number of benzene rings is 1. The predicted molar refractivity (Wildman–Crippen MR) is 64.5 cm³/mol. The van der Waals surface area contributed by atoms with Crippen molar-refractivity contribution in [1.29, 1.82) is 0 Å². The van der Waals surface area contributed by atoms with Crippen LogP contribution >= 0.6 is 41.6 Å². The van der Waals surface area contributed by atoms with Crippen molar-refractivity contribution < 1.29 is 17.2 Å². The quantitative estimate of drug-likeness (QED) is 0.629. The van der Waals surface area contributed by atoms with Gasteiger partial charge in [0, 0.05) is 0 Å². The van der Waals surface area contributed by atoms with Crippen molar-refractivity contribution in [2.24, 2.45) is 0 Å². The van der Waals surface area contributed by atoms with Crippen molar-refractivity contribution in [3.8, 4) is 0 Å². The van der Waals surface area contributed by atoms with Gasteiger partial charge in [-0.2, -0.15) is 8.42 Å². The van der Waals surface area contributed by atoms with Gasteiger partial charge in [0.05, 0.1) is 10.0 Å². The fourth-order valence-electron chi connectivity index (χ4n) is 0.904. The normalized spacial score (nSPS) is 13.7. The zero-order chi connectivity index (χ0) is 12.3. The maximum Gasteiger partial charge on any atom is 0.300 e. The zero-order valence-corrected chi connectivity index (χ0v) is 11.7. The van der Waals surface area contributed by atoms with E-state index in [1.165, 1.54) is 18.2 Å². The van der Waals surface area contributed by atoms with Gasteiger partial charge in [0.1, 0.15) is 11.2 Å². The molecule has 0 fully saturated rings. The van der Waals surface area contributed by atoms with Crippen LogP contribution < -0.4 is 0 Å². The van der Waals surface area contributed by atoms with Gasteiger partial charge >= 0.3 is 0 Å². The Kier molecular flexibility index (Phi) is 5.10. The van der Waals surface area contributed by atoms with Crippen LogP contribution in [-0.4, -0.2) is 14.8 Å². The first-order chi connectivity index (χ1) is 7.34. The molecule has 4 nitrogen and oxygen atoms in total. The monoisotopic (exact) mass is 322 g/mol. The topological polar surface area (TPSA) is 60.4 Å². The molecule has 0 saturated heterocycles. The fraction of sp³-hybridized carbons (Fsp3) is 0.143. The summed E-state index contributed by atoms with van der Waals surface area (Å²) in [5, 5.41) is -0.136. The highest BCUT2D eigenvalue weighted by Crippen LogP contribution is 2.33. The Hall–Kier alpha value is 0.230. The summed E-state index contributed by atoms with van der Waals surface area (Å²) in [7, 11) is -6.70. The van der Waals surface area contributed by atoms with Crippen LogP contribution in [0.4, 0.5) is 0 Å². The lowest BCUT2D eigenvalue weighted by molar-refractivity contribution is 0.373. The zero-order valence-electron chi connectivity index (χ0n) is 7.61. The van der Waals surface area contributed by atoms with E-state index in [1.807, 2.05) is 0 Å². The molecule has 0 aliphatic rings. The van der Waals surface area contributed by atoms with E-state index in [4.69, 9.17) is 34.4 Å². The maximum atomic E-state index is 11.6. The summed E-state index contributed by atoms with van der Waals surface area (Å²) in [5.41, 5.74) is 0. The summed E-state index contributed by atoms with van der Waals surface area (Å²) in [4.78, 5) is -0.349. The van der Waals surface area contributed by atoms with E-state index in [9.17, 15) is 13.0 Å². The van der Waals surface area contributed by atoms with Crippen molar-refractivity contribution >= 4 is 51.7 Å². The molecular weight excluding hydrogens is 317 g/mol. The van der Waals surface area contributed by atoms with E-state index in [2.05, 4.69) is 4.18 Å².